The number of ether oxygens (including phenoxy) is 1. The van der Waals surface area contributed by atoms with Crippen molar-refractivity contribution in [3.05, 3.63) is 77.0 Å². The van der Waals surface area contributed by atoms with Crippen LogP contribution in [0.25, 0.3) is 11.4 Å². The Morgan fingerprint density at radius 2 is 1.87 bits per heavy atom. The van der Waals surface area contributed by atoms with E-state index < -0.39 is 18.0 Å². The first-order valence-electron chi connectivity index (χ1n) is 9.93. The monoisotopic (exact) mass is 418 g/mol. The van der Waals surface area contributed by atoms with E-state index >= 15 is 0 Å². The van der Waals surface area contributed by atoms with E-state index in [1.165, 1.54) is 4.80 Å². The van der Waals surface area contributed by atoms with Gasteiger partial charge in [0.25, 0.3) is 0 Å². The molecule has 2 heterocycles. The highest BCUT2D eigenvalue weighted by Gasteiger charge is 2.34. The third kappa shape index (κ3) is 4.30. The Balaban J connectivity index is 1.72. The summed E-state index contributed by atoms with van der Waals surface area (Å²) < 4.78 is 5.27. The molecule has 0 radical (unpaired) electrons. The summed E-state index contributed by atoms with van der Waals surface area (Å²) in [5.41, 5.74) is 3.33. The molecule has 2 N–H and O–H groups in total. The molecule has 9 heteroatoms. The molecule has 1 atom stereocenters. The standard InChI is InChI=1S/C22H22N6O3/c1-3-31-21(29)18-17(23-22(30)24-19(18)15-10-5-4-6-11-15)13-28-26-20(25-27-28)16-12-8-7-9-14(16)2/h4-12,19H,3,13H2,1-2H3,(H2,23,24,30)/t19-/m0/s1. The lowest BCUT2D eigenvalue weighted by Gasteiger charge is -2.29. The molecule has 1 aliphatic rings. The predicted molar refractivity (Wildman–Crippen MR) is 112 cm³/mol. The van der Waals surface area contributed by atoms with Gasteiger partial charge in [-0.15, -0.1) is 10.2 Å². The van der Waals surface area contributed by atoms with Crippen LogP contribution in [0.1, 0.15) is 24.1 Å². The minimum Gasteiger partial charge on any atom is -0.463 e. The van der Waals surface area contributed by atoms with E-state index in [1.807, 2.05) is 61.5 Å². The number of nitrogens with one attached hydrogen (secondary N) is 2. The van der Waals surface area contributed by atoms with Gasteiger partial charge >= 0.3 is 12.0 Å². The Labute approximate surface area is 179 Å². The summed E-state index contributed by atoms with van der Waals surface area (Å²) in [6.45, 7) is 3.97. The maximum Gasteiger partial charge on any atom is 0.338 e. The van der Waals surface area contributed by atoms with Gasteiger partial charge in [-0.25, -0.2) is 9.59 Å². The molecule has 2 aromatic carbocycles. The molecule has 0 unspecified atom stereocenters. The van der Waals surface area contributed by atoms with Gasteiger partial charge in [0, 0.05) is 5.56 Å². The fourth-order valence-corrected chi connectivity index (χ4v) is 3.47. The number of urea groups is 1. The number of rotatable bonds is 6. The zero-order valence-electron chi connectivity index (χ0n) is 17.2. The summed E-state index contributed by atoms with van der Waals surface area (Å²) in [6.07, 6.45) is 0. The third-order valence-electron chi connectivity index (χ3n) is 4.92. The van der Waals surface area contributed by atoms with E-state index in [4.69, 9.17) is 4.74 Å². The minimum absolute atomic E-state index is 0.0593. The lowest BCUT2D eigenvalue weighted by Crippen LogP contribution is -2.47. The van der Waals surface area contributed by atoms with E-state index in [0.29, 0.717) is 17.1 Å². The van der Waals surface area contributed by atoms with Crippen molar-refractivity contribution in [1.82, 2.24) is 30.8 Å². The topological polar surface area (TPSA) is 111 Å². The summed E-state index contributed by atoms with van der Waals surface area (Å²) in [5.74, 6) is -0.0469. The van der Waals surface area contributed by atoms with E-state index in [0.717, 1.165) is 16.7 Å². The maximum atomic E-state index is 12.8. The summed E-state index contributed by atoms with van der Waals surface area (Å²) in [7, 11) is 0. The molecule has 1 aliphatic heterocycles. The highest BCUT2D eigenvalue weighted by molar-refractivity contribution is 5.95. The lowest BCUT2D eigenvalue weighted by atomic mass is 9.95. The van der Waals surface area contributed by atoms with E-state index in [-0.39, 0.29) is 13.2 Å². The van der Waals surface area contributed by atoms with Gasteiger partial charge in [-0.2, -0.15) is 4.80 Å². The third-order valence-corrected chi connectivity index (χ3v) is 4.92. The number of hydrogen-bond acceptors (Lipinski definition) is 6. The maximum absolute atomic E-state index is 12.8. The van der Waals surface area contributed by atoms with Gasteiger partial charge in [0.2, 0.25) is 5.82 Å². The van der Waals surface area contributed by atoms with Gasteiger partial charge in [0.05, 0.1) is 23.9 Å². The molecule has 0 spiro atoms. The van der Waals surface area contributed by atoms with Crippen LogP contribution in [0.5, 0.6) is 0 Å². The number of allylic oxidation sites excluding steroid dienone is 1. The lowest BCUT2D eigenvalue weighted by molar-refractivity contribution is -0.139. The zero-order chi connectivity index (χ0) is 21.8. The van der Waals surface area contributed by atoms with E-state index in [9.17, 15) is 9.59 Å². The summed E-state index contributed by atoms with van der Waals surface area (Å²) in [6, 6.07) is 15.9. The average molecular weight is 418 g/mol. The predicted octanol–water partition coefficient (Wildman–Crippen LogP) is 2.52. The van der Waals surface area contributed by atoms with Crippen LogP contribution in [0.4, 0.5) is 4.79 Å². The number of aryl methyl sites for hydroxylation is 1. The fraction of sp³-hybridized carbons (Fsp3) is 0.227. The molecular weight excluding hydrogens is 396 g/mol. The summed E-state index contributed by atoms with van der Waals surface area (Å²) in [5, 5.41) is 18.2. The molecule has 158 valence electrons. The van der Waals surface area contributed by atoms with Crippen LogP contribution in [0.3, 0.4) is 0 Å². The van der Waals surface area contributed by atoms with Crippen LogP contribution >= 0.6 is 0 Å². The van der Waals surface area contributed by atoms with E-state index in [2.05, 4.69) is 26.0 Å². The Morgan fingerprint density at radius 1 is 1.13 bits per heavy atom. The first-order chi connectivity index (χ1) is 15.1. The quantitative estimate of drug-likeness (QED) is 0.595. The van der Waals surface area contributed by atoms with Gasteiger partial charge in [0.1, 0.15) is 6.54 Å². The molecule has 0 fully saturated rings. The van der Waals surface area contributed by atoms with Gasteiger partial charge in [0.15, 0.2) is 0 Å². The Hall–Kier alpha value is -4.01. The molecule has 0 saturated carbocycles. The fourth-order valence-electron chi connectivity index (χ4n) is 3.47. The molecule has 31 heavy (non-hydrogen) atoms. The van der Waals surface area contributed by atoms with Crippen LogP contribution in [-0.2, 0) is 16.1 Å². The molecule has 2 amide bonds. The molecule has 4 rings (SSSR count). The smallest absolute Gasteiger partial charge is 0.338 e. The Morgan fingerprint density at radius 3 is 2.61 bits per heavy atom. The number of esters is 1. The van der Waals surface area contributed by atoms with Crippen molar-refractivity contribution in [2.75, 3.05) is 6.61 Å². The number of aromatic nitrogens is 4. The number of nitrogens with zero attached hydrogens (tertiary/aromatic N) is 4. The van der Waals surface area contributed by atoms with Crippen LogP contribution in [0, 0.1) is 6.92 Å². The molecule has 0 aliphatic carbocycles. The summed E-state index contributed by atoms with van der Waals surface area (Å²) >= 11 is 0. The van der Waals surface area contributed by atoms with Crippen molar-refractivity contribution in [3.8, 4) is 11.4 Å². The SMILES string of the molecule is CCOC(=O)C1=C(Cn2nnc(-c3ccccc3C)n2)NC(=O)N[C@H]1c1ccccc1. The molecular formula is C22H22N6O3. The van der Waals surface area contributed by atoms with Gasteiger partial charge in [-0.1, -0.05) is 54.6 Å². The van der Waals surface area contributed by atoms with Crippen molar-refractivity contribution in [2.45, 2.75) is 26.4 Å². The Kier molecular flexibility index (Phi) is 5.74. The second-order valence-corrected chi connectivity index (χ2v) is 7.01. The summed E-state index contributed by atoms with van der Waals surface area (Å²) in [4.78, 5) is 26.5. The number of hydrogen-bond donors (Lipinski definition) is 2. The van der Waals surface area contributed by atoms with Crippen LogP contribution in [0.15, 0.2) is 65.9 Å². The van der Waals surface area contributed by atoms with Crippen molar-refractivity contribution in [2.24, 2.45) is 0 Å². The van der Waals surface area contributed by atoms with E-state index in [1.54, 1.807) is 6.92 Å². The molecule has 0 bridgehead atoms. The average Bonchev–Trinajstić information content (AvgIpc) is 3.22. The van der Waals surface area contributed by atoms with Crippen molar-refractivity contribution < 1.29 is 14.3 Å². The number of carbonyl (C=O) groups excluding carboxylic acids is 2. The molecule has 3 aromatic rings. The number of tetrazole rings is 1. The second kappa shape index (κ2) is 8.78. The number of amides is 2. The molecule has 0 saturated heterocycles. The first-order valence-corrected chi connectivity index (χ1v) is 9.93. The van der Waals surface area contributed by atoms with Crippen LogP contribution < -0.4 is 10.6 Å². The normalized spacial score (nSPS) is 15.9. The van der Waals surface area contributed by atoms with Crippen molar-refractivity contribution in [1.29, 1.82) is 0 Å². The van der Waals surface area contributed by atoms with Gasteiger partial charge in [-0.3, -0.25) is 0 Å². The minimum atomic E-state index is -0.650. The van der Waals surface area contributed by atoms with Crippen molar-refractivity contribution in [3.63, 3.8) is 0 Å². The first kappa shape index (κ1) is 20.3. The highest BCUT2D eigenvalue weighted by Crippen LogP contribution is 2.28. The number of carbonyl (C=O) groups is 2. The number of benzene rings is 2. The van der Waals surface area contributed by atoms with Gasteiger partial charge < -0.3 is 15.4 Å². The van der Waals surface area contributed by atoms with Crippen molar-refractivity contribution >= 4 is 12.0 Å². The molecule has 9 nitrogen and oxygen atoms in total. The largest absolute Gasteiger partial charge is 0.463 e. The zero-order valence-corrected chi connectivity index (χ0v) is 17.2. The Bertz CT molecular complexity index is 1140. The van der Waals surface area contributed by atoms with Crippen LogP contribution in [0.2, 0.25) is 0 Å². The van der Waals surface area contributed by atoms with Crippen LogP contribution in [-0.4, -0.2) is 38.8 Å². The van der Waals surface area contributed by atoms with Gasteiger partial charge in [-0.05, 0) is 30.2 Å². The molecule has 1 aromatic heterocycles. The second-order valence-electron chi connectivity index (χ2n) is 7.01. The highest BCUT2D eigenvalue weighted by atomic mass is 16.5.